The summed E-state index contributed by atoms with van der Waals surface area (Å²) in [6, 6.07) is 0. The number of hydrogen-bond acceptors (Lipinski definition) is 3. The number of nitrogens with zero attached hydrogens (tertiary/aromatic N) is 2. The Morgan fingerprint density at radius 3 is 2.57 bits per heavy atom. The van der Waals surface area contributed by atoms with Crippen LogP contribution in [0.25, 0.3) is 0 Å². The molecule has 2 N–H and O–H groups in total. The average Bonchev–Trinajstić information content (AvgIpc) is 2.70. The van der Waals surface area contributed by atoms with Gasteiger partial charge in [-0.1, -0.05) is 13.8 Å². The van der Waals surface area contributed by atoms with E-state index in [4.69, 9.17) is 5.11 Å². The topological polar surface area (TPSA) is 84.2 Å². The maximum atomic E-state index is 12.1. The molecule has 6 heteroatoms. The molecule has 0 saturated carbocycles. The van der Waals surface area contributed by atoms with Crippen molar-refractivity contribution in [2.24, 2.45) is 11.3 Å². The van der Waals surface area contributed by atoms with Crippen LogP contribution in [-0.2, 0) is 11.3 Å². The number of aromatic nitrogens is 2. The van der Waals surface area contributed by atoms with E-state index in [0.29, 0.717) is 24.4 Å². The molecule has 1 heterocycles. The van der Waals surface area contributed by atoms with Crippen molar-refractivity contribution in [2.45, 2.75) is 47.6 Å². The Morgan fingerprint density at radius 1 is 1.43 bits per heavy atom. The van der Waals surface area contributed by atoms with Crippen LogP contribution in [0, 0.1) is 18.3 Å². The minimum atomic E-state index is -0.863. The van der Waals surface area contributed by atoms with Crippen LogP contribution in [0.15, 0.2) is 6.20 Å². The molecule has 0 atom stereocenters. The molecule has 0 saturated heterocycles. The van der Waals surface area contributed by atoms with E-state index in [-0.39, 0.29) is 5.91 Å². The minimum Gasteiger partial charge on any atom is -0.481 e. The zero-order valence-corrected chi connectivity index (χ0v) is 13.4. The maximum Gasteiger partial charge on any atom is 0.309 e. The van der Waals surface area contributed by atoms with Crippen molar-refractivity contribution in [2.75, 3.05) is 6.54 Å². The van der Waals surface area contributed by atoms with Gasteiger partial charge in [-0.25, -0.2) is 0 Å². The van der Waals surface area contributed by atoms with Crippen molar-refractivity contribution in [1.29, 1.82) is 0 Å². The van der Waals surface area contributed by atoms with Gasteiger partial charge < -0.3 is 10.4 Å². The molecular formula is C15H25N3O3. The van der Waals surface area contributed by atoms with Gasteiger partial charge in [0.1, 0.15) is 0 Å². The van der Waals surface area contributed by atoms with E-state index in [1.807, 2.05) is 11.6 Å². The molecule has 6 nitrogen and oxygen atoms in total. The lowest BCUT2D eigenvalue weighted by molar-refractivity contribution is -0.147. The molecular weight excluding hydrogens is 270 g/mol. The highest BCUT2D eigenvalue weighted by Crippen LogP contribution is 2.19. The predicted octanol–water partition coefficient (Wildman–Crippen LogP) is 2.08. The van der Waals surface area contributed by atoms with Gasteiger partial charge in [0.25, 0.3) is 5.91 Å². The Hall–Kier alpha value is -1.85. The van der Waals surface area contributed by atoms with Crippen LogP contribution >= 0.6 is 0 Å². The van der Waals surface area contributed by atoms with Gasteiger partial charge in [-0.2, -0.15) is 5.10 Å². The van der Waals surface area contributed by atoms with Gasteiger partial charge in [0.2, 0.25) is 0 Å². The van der Waals surface area contributed by atoms with Gasteiger partial charge in [0.05, 0.1) is 17.2 Å². The third-order valence-electron chi connectivity index (χ3n) is 3.50. The fourth-order valence-electron chi connectivity index (χ4n) is 1.89. The molecule has 0 aliphatic heterocycles. The standard InChI is InChI=1S/C15H25N3O3/c1-10(2)9-18-11(3)12(8-17-18)13(19)16-7-6-15(4,5)14(20)21/h8,10H,6-7,9H2,1-5H3,(H,16,19)(H,20,21). The molecule has 1 aromatic rings. The Labute approximate surface area is 125 Å². The molecule has 1 amide bonds. The number of hydrogen-bond donors (Lipinski definition) is 2. The summed E-state index contributed by atoms with van der Waals surface area (Å²) in [6.45, 7) is 10.4. The second-order valence-electron chi connectivity index (χ2n) is 6.41. The molecule has 0 bridgehead atoms. The number of carbonyl (C=O) groups excluding carboxylic acids is 1. The summed E-state index contributed by atoms with van der Waals surface area (Å²) < 4.78 is 1.82. The zero-order chi connectivity index (χ0) is 16.2. The van der Waals surface area contributed by atoms with Crippen LogP contribution in [0.4, 0.5) is 0 Å². The number of carbonyl (C=O) groups is 2. The van der Waals surface area contributed by atoms with Crippen LogP contribution in [0.1, 0.15) is 50.2 Å². The predicted molar refractivity (Wildman–Crippen MR) is 80.2 cm³/mol. The van der Waals surface area contributed by atoms with Crippen LogP contribution in [0.3, 0.4) is 0 Å². The van der Waals surface area contributed by atoms with Crippen LogP contribution in [-0.4, -0.2) is 33.3 Å². The summed E-state index contributed by atoms with van der Waals surface area (Å²) in [5.41, 5.74) is 0.534. The molecule has 0 radical (unpaired) electrons. The third kappa shape index (κ3) is 4.58. The largest absolute Gasteiger partial charge is 0.481 e. The fraction of sp³-hybridized carbons (Fsp3) is 0.667. The summed E-state index contributed by atoms with van der Waals surface area (Å²) in [4.78, 5) is 23.1. The SMILES string of the molecule is Cc1c(C(=O)NCCC(C)(C)C(=O)O)cnn1CC(C)C. The highest BCUT2D eigenvalue weighted by atomic mass is 16.4. The maximum absolute atomic E-state index is 12.1. The summed E-state index contributed by atoms with van der Waals surface area (Å²) in [5.74, 6) is -0.614. The van der Waals surface area contributed by atoms with Crippen molar-refractivity contribution in [3.05, 3.63) is 17.5 Å². The van der Waals surface area contributed by atoms with Gasteiger partial charge in [0.15, 0.2) is 0 Å². The van der Waals surface area contributed by atoms with E-state index >= 15 is 0 Å². The quantitative estimate of drug-likeness (QED) is 0.806. The molecule has 0 spiro atoms. The summed E-state index contributed by atoms with van der Waals surface area (Å²) in [5, 5.41) is 16.0. The molecule has 21 heavy (non-hydrogen) atoms. The number of aliphatic carboxylic acids is 1. The van der Waals surface area contributed by atoms with Gasteiger partial charge in [0, 0.05) is 18.8 Å². The summed E-state index contributed by atoms with van der Waals surface area (Å²) in [6.07, 6.45) is 1.95. The molecule has 0 unspecified atom stereocenters. The summed E-state index contributed by atoms with van der Waals surface area (Å²) >= 11 is 0. The smallest absolute Gasteiger partial charge is 0.309 e. The van der Waals surface area contributed by atoms with Gasteiger partial charge in [-0.15, -0.1) is 0 Å². The van der Waals surface area contributed by atoms with E-state index < -0.39 is 11.4 Å². The molecule has 0 aliphatic carbocycles. The van der Waals surface area contributed by atoms with Gasteiger partial charge in [-0.3, -0.25) is 14.3 Å². The lowest BCUT2D eigenvalue weighted by atomic mass is 9.90. The monoisotopic (exact) mass is 295 g/mol. The van der Waals surface area contributed by atoms with Crippen molar-refractivity contribution >= 4 is 11.9 Å². The first kappa shape index (κ1) is 17.2. The van der Waals surface area contributed by atoms with E-state index in [0.717, 1.165) is 12.2 Å². The Balaban J connectivity index is 2.61. The molecule has 0 aliphatic rings. The number of amides is 1. The molecule has 0 fully saturated rings. The van der Waals surface area contributed by atoms with Crippen LogP contribution in [0.2, 0.25) is 0 Å². The fourth-order valence-corrected chi connectivity index (χ4v) is 1.89. The minimum absolute atomic E-state index is 0.205. The van der Waals surface area contributed by atoms with E-state index in [1.54, 1.807) is 20.0 Å². The van der Waals surface area contributed by atoms with E-state index in [1.165, 1.54) is 0 Å². The normalized spacial score (nSPS) is 11.7. The van der Waals surface area contributed by atoms with E-state index in [2.05, 4.69) is 24.3 Å². The number of carboxylic acid groups (broad SMARTS) is 1. The lowest BCUT2D eigenvalue weighted by Crippen LogP contribution is -2.32. The highest BCUT2D eigenvalue weighted by Gasteiger charge is 2.26. The zero-order valence-electron chi connectivity index (χ0n) is 13.4. The Bertz CT molecular complexity index is 518. The lowest BCUT2D eigenvalue weighted by Gasteiger charge is -2.18. The van der Waals surface area contributed by atoms with Crippen LogP contribution < -0.4 is 5.32 Å². The van der Waals surface area contributed by atoms with Crippen molar-refractivity contribution in [1.82, 2.24) is 15.1 Å². The van der Waals surface area contributed by atoms with Gasteiger partial charge in [-0.05, 0) is 33.1 Å². The summed E-state index contributed by atoms with van der Waals surface area (Å²) in [7, 11) is 0. The van der Waals surface area contributed by atoms with E-state index in [9.17, 15) is 9.59 Å². The number of nitrogens with one attached hydrogen (secondary N) is 1. The number of rotatable bonds is 7. The second kappa shape index (κ2) is 6.74. The van der Waals surface area contributed by atoms with Crippen LogP contribution in [0.5, 0.6) is 0 Å². The second-order valence-corrected chi connectivity index (χ2v) is 6.41. The first-order valence-electron chi connectivity index (χ1n) is 7.19. The molecule has 118 valence electrons. The molecule has 1 rings (SSSR count). The van der Waals surface area contributed by atoms with Crippen molar-refractivity contribution < 1.29 is 14.7 Å². The highest BCUT2D eigenvalue weighted by molar-refractivity contribution is 5.95. The number of carboxylic acids is 1. The van der Waals surface area contributed by atoms with Crippen molar-refractivity contribution in [3.8, 4) is 0 Å². The van der Waals surface area contributed by atoms with Crippen molar-refractivity contribution in [3.63, 3.8) is 0 Å². The average molecular weight is 295 g/mol. The molecule has 1 aromatic heterocycles. The van der Waals surface area contributed by atoms with Gasteiger partial charge >= 0.3 is 5.97 Å². The first-order chi connectivity index (χ1) is 9.65. The third-order valence-corrected chi connectivity index (χ3v) is 3.50. The Kier molecular flexibility index (Phi) is 5.52. The Morgan fingerprint density at radius 2 is 2.05 bits per heavy atom. The molecule has 0 aromatic carbocycles. The first-order valence-corrected chi connectivity index (χ1v) is 7.19.